The molecule has 0 aliphatic rings. The second-order valence-electron chi connectivity index (χ2n) is 4.26. The molecule has 0 spiro atoms. The quantitative estimate of drug-likeness (QED) is 0.784. The Morgan fingerprint density at radius 2 is 1.33 bits per heavy atom. The minimum atomic E-state index is -0.895. The first-order valence-corrected chi connectivity index (χ1v) is 6.02. The van der Waals surface area contributed by atoms with Crippen LogP contribution in [0.25, 0.3) is 5.69 Å². The molecule has 1 heterocycles. The Hall–Kier alpha value is -2.90. The lowest BCUT2D eigenvalue weighted by Crippen LogP contribution is -2.33. The summed E-state index contributed by atoms with van der Waals surface area (Å²) in [4.78, 5) is 47.4. The van der Waals surface area contributed by atoms with Gasteiger partial charge in [-0.25, -0.2) is 14.2 Å². The highest BCUT2D eigenvalue weighted by atomic mass is 16.5. The minimum Gasteiger partial charge on any atom is -0.497 e. The highest BCUT2D eigenvalue weighted by molar-refractivity contribution is 5.81. The summed E-state index contributed by atoms with van der Waals surface area (Å²) in [6.45, 7) is 2.19. The molecule has 1 aromatic heterocycles. The van der Waals surface area contributed by atoms with E-state index >= 15 is 0 Å². The SMILES string of the molecule is COc1ccc(-n2c(=O)n(C(C)=O)n(C(C)=O)c2=O)cc1. The van der Waals surface area contributed by atoms with Crippen molar-refractivity contribution in [2.45, 2.75) is 13.8 Å². The number of benzene rings is 1. The van der Waals surface area contributed by atoms with Gasteiger partial charge in [-0.1, -0.05) is 0 Å². The molecule has 110 valence electrons. The average Bonchev–Trinajstić information content (AvgIpc) is 2.70. The van der Waals surface area contributed by atoms with E-state index in [9.17, 15) is 19.2 Å². The lowest BCUT2D eigenvalue weighted by atomic mass is 10.3. The van der Waals surface area contributed by atoms with Gasteiger partial charge in [-0.2, -0.15) is 9.36 Å². The van der Waals surface area contributed by atoms with E-state index in [0.717, 1.165) is 18.4 Å². The van der Waals surface area contributed by atoms with Gasteiger partial charge < -0.3 is 4.74 Å². The molecule has 0 N–H and O–H groups in total. The Balaban J connectivity index is 2.78. The summed E-state index contributed by atoms with van der Waals surface area (Å²) in [6, 6.07) is 6.09. The van der Waals surface area contributed by atoms with Crippen LogP contribution in [0.2, 0.25) is 0 Å². The lowest BCUT2D eigenvalue weighted by Gasteiger charge is -2.01. The van der Waals surface area contributed by atoms with Gasteiger partial charge in [0, 0.05) is 13.8 Å². The lowest BCUT2D eigenvalue weighted by molar-refractivity contribution is 0.0814. The van der Waals surface area contributed by atoms with E-state index in [1.54, 1.807) is 12.1 Å². The maximum atomic E-state index is 12.2. The maximum Gasteiger partial charge on any atom is 0.359 e. The van der Waals surface area contributed by atoms with Gasteiger partial charge >= 0.3 is 11.4 Å². The molecule has 8 heteroatoms. The zero-order valence-corrected chi connectivity index (χ0v) is 11.7. The van der Waals surface area contributed by atoms with Crippen molar-refractivity contribution in [3.8, 4) is 11.4 Å². The average molecular weight is 291 g/mol. The molecule has 0 saturated heterocycles. The molecule has 2 aromatic rings. The standard InChI is InChI=1S/C13H13N3O5/c1-8(17)15-12(19)14(13(20)16(15)9(2)18)10-4-6-11(21-3)7-5-10/h4-7H,1-3H3. The molecule has 0 fully saturated rings. The monoisotopic (exact) mass is 291 g/mol. The van der Waals surface area contributed by atoms with Crippen LogP contribution >= 0.6 is 0 Å². The van der Waals surface area contributed by atoms with Gasteiger partial charge in [0.15, 0.2) is 0 Å². The summed E-state index contributed by atoms with van der Waals surface area (Å²) < 4.78 is 6.76. The summed E-state index contributed by atoms with van der Waals surface area (Å²) in [5.74, 6) is -0.899. The fourth-order valence-electron chi connectivity index (χ4n) is 1.95. The summed E-state index contributed by atoms with van der Waals surface area (Å²) >= 11 is 0. The van der Waals surface area contributed by atoms with Gasteiger partial charge in [0.25, 0.3) is 0 Å². The number of hydrogen-bond acceptors (Lipinski definition) is 5. The van der Waals surface area contributed by atoms with Gasteiger partial charge in [0.05, 0.1) is 12.8 Å². The normalized spacial score (nSPS) is 10.4. The molecule has 1 aromatic carbocycles. The number of carbonyl (C=O) groups excluding carboxylic acids is 2. The van der Waals surface area contributed by atoms with E-state index in [-0.39, 0.29) is 5.69 Å². The van der Waals surface area contributed by atoms with Gasteiger partial charge in [0.2, 0.25) is 11.8 Å². The minimum absolute atomic E-state index is 0.237. The van der Waals surface area contributed by atoms with Crippen LogP contribution in [0.5, 0.6) is 5.75 Å². The number of rotatable bonds is 2. The van der Waals surface area contributed by atoms with Crippen LogP contribution < -0.4 is 16.1 Å². The zero-order chi connectivity index (χ0) is 15.7. The molecule has 0 bridgehead atoms. The summed E-state index contributed by atoms with van der Waals surface area (Å²) in [5.41, 5.74) is -1.55. The number of methoxy groups -OCH3 is 1. The third-order valence-electron chi connectivity index (χ3n) is 2.87. The molecular formula is C13H13N3O5. The molecular weight excluding hydrogens is 278 g/mol. The van der Waals surface area contributed by atoms with Crippen molar-refractivity contribution in [1.29, 1.82) is 0 Å². The van der Waals surface area contributed by atoms with Gasteiger partial charge in [-0.15, -0.1) is 0 Å². The molecule has 0 unspecified atom stereocenters. The maximum absolute atomic E-state index is 12.2. The van der Waals surface area contributed by atoms with E-state index in [4.69, 9.17) is 4.74 Å². The van der Waals surface area contributed by atoms with Crippen molar-refractivity contribution >= 4 is 11.8 Å². The molecule has 2 rings (SSSR count). The van der Waals surface area contributed by atoms with Crippen LogP contribution in [0.3, 0.4) is 0 Å². The second kappa shape index (κ2) is 5.23. The molecule has 8 nitrogen and oxygen atoms in total. The predicted molar refractivity (Wildman–Crippen MR) is 73.4 cm³/mol. The molecule has 0 aliphatic heterocycles. The van der Waals surface area contributed by atoms with Crippen molar-refractivity contribution in [3.63, 3.8) is 0 Å². The van der Waals surface area contributed by atoms with Gasteiger partial charge in [-0.05, 0) is 24.3 Å². The van der Waals surface area contributed by atoms with Crippen molar-refractivity contribution in [3.05, 3.63) is 45.2 Å². The van der Waals surface area contributed by atoms with E-state index in [2.05, 4.69) is 0 Å². The number of carbonyl (C=O) groups is 2. The molecule has 0 atom stereocenters. The van der Waals surface area contributed by atoms with Crippen LogP contribution in [0, 0.1) is 0 Å². The van der Waals surface area contributed by atoms with Gasteiger partial charge in [-0.3, -0.25) is 9.59 Å². The predicted octanol–water partition coefficient (Wildman–Crippen LogP) is 0.129. The molecule has 21 heavy (non-hydrogen) atoms. The first kappa shape index (κ1) is 14.5. The van der Waals surface area contributed by atoms with E-state index in [1.807, 2.05) is 0 Å². The number of nitrogens with zero attached hydrogens (tertiary/aromatic N) is 3. The fourth-order valence-corrected chi connectivity index (χ4v) is 1.95. The zero-order valence-electron chi connectivity index (χ0n) is 11.7. The van der Waals surface area contributed by atoms with Crippen LogP contribution in [0.4, 0.5) is 0 Å². The summed E-state index contributed by atoms with van der Waals surface area (Å²) in [6.07, 6.45) is 0. The van der Waals surface area contributed by atoms with E-state index in [0.29, 0.717) is 15.1 Å². The van der Waals surface area contributed by atoms with Crippen molar-refractivity contribution < 1.29 is 14.3 Å². The first-order chi connectivity index (χ1) is 9.88. The van der Waals surface area contributed by atoms with E-state index in [1.165, 1.54) is 19.2 Å². The molecule has 0 saturated carbocycles. The third-order valence-corrected chi connectivity index (χ3v) is 2.87. The third kappa shape index (κ3) is 2.31. The Morgan fingerprint density at radius 3 is 1.67 bits per heavy atom. The van der Waals surface area contributed by atoms with Crippen LogP contribution in [0.15, 0.2) is 33.9 Å². The molecule has 0 aliphatic carbocycles. The first-order valence-electron chi connectivity index (χ1n) is 6.02. The van der Waals surface area contributed by atoms with Gasteiger partial charge in [0.1, 0.15) is 5.75 Å². The van der Waals surface area contributed by atoms with Crippen molar-refractivity contribution in [2.75, 3.05) is 7.11 Å². The van der Waals surface area contributed by atoms with Crippen molar-refractivity contribution in [1.82, 2.24) is 13.9 Å². The van der Waals surface area contributed by atoms with Crippen LogP contribution in [-0.4, -0.2) is 32.9 Å². The Morgan fingerprint density at radius 1 is 0.905 bits per heavy atom. The highest BCUT2D eigenvalue weighted by Crippen LogP contribution is 2.12. The Bertz CT molecular complexity index is 777. The number of ether oxygens (including phenoxy) is 1. The smallest absolute Gasteiger partial charge is 0.359 e. The second-order valence-corrected chi connectivity index (χ2v) is 4.26. The Labute approximate surface area is 118 Å². The van der Waals surface area contributed by atoms with Crippen LogP contribution in [0.1, 0.15) is 23.4 Å². The molecule has 0 radical (unpaired) electrons. The van der Waals surface area contributed by atoms with Crippen LogP contribution in [-0.2, 0) is 0 Å². The highest BCUT2D eigenvalue weighted by Gasteiger charge is 2.22. The van der Waals surface area contributed by atoms with E-state index < -0.39 is 23.2 Å². The topological polar surface area (TPSA) is 92.3 Å². The Kier molecular flexibility index (Phi) is 3.62. The number of aromatic nitrogens is 3. The molecule has 0 amide bonds. The summed E-state index contributed by atoms with van der Waals surface area (Å²) in [5, 5.41) is 0. The number of hydrogen-bond donors (Lipinski definition) is 0. The fraction of sp³-hybridized carbons (Fsp3) is 0.231. The summed E-state index contributed by atoms with van der Waals surface area (Å²) in [7, 11) is 1.48. The largest absolute Gasteiger partial charge is 0.497 e. The van der Waals surface area contributed by atoms with Crippen molar-refractivity contribution in [2.24, 2.45) is 0 Å².